The Hall–Kier alpha value is -3.73. The van der Waals surface area contributed by atoms with Crippen LogP contribution in [0.25, 0.3) is 10.9 Å². The van der Waals surface area contributed by atoms with Crippen molar-refractivity contribution in [2.45, 2.75) is 44.2 Å². The third-order valence-electron chi connectivity index (χ3n) is 6.89. The van der Waals surface area contributed by atoms with E-state index in [0.717, 1.165) is 31.2 Å². The van der Waals surface area contributed by atoms with Gasteiger partial charge in [-0.1, -0.05) is 18.6 Å². The Morgan fingerprint density at radius 1 is 1.14 bits per heavy atom. The average molecular weight is 512 g/mol. The second-order valence-electron chi connectivity index (χ2n) is 9.34. The van der Waals surface area contributed by atoms with Gasteiger partial charge in [0.05, 0.1) is 18.7 Å². The molecule has 0 aliphatic carbocycles. The SMILES string of the molecule is COc1cc(C(=O)NC(CCC(=O)O)C(=O)N2CCN(C(=O)C3CCCCN3)CC2)nc2ccccc12. The van der Waals surface area contributed by atoms with Crippen molar-refractivity contribution in [2.24, 2.45) is 0 Å². The number of nitrogens with zero attached hydrogens (tertiary/aromatic N) is 3. The number of piperazine rings is 1. The first-order valence-corrected chi connectivity index (χ1v) is 12.6. The lowest BCUT2D eigenvalue weighted by atomic mass is 10.0. The summed E-state index contributed by atoms with van der Waals surface area (Å²) in [6, 6.07) is 7.51. The van der Waals surface area contributed by atoms with E-state index in [1.807, 2.05) is 12.1 Å². The molecule has 2 atom stereocenters. The minimum Gasteiger partial charge on any atom is -0.496 e. The first kappa shape index (κ1) is 26.3. The van der Waals surface area contributed by atoms with Gasteiger partial charge in [-0.25, -0.2) is 4.98 Å². The Morgan fingerprint density at radius 3 is 2.54 bits per heavy atom. The number of benzene rings is 1. The summed E-state index contributed by atoms with van der Waals surface area (Å²) in [7, 11) is 1.50. The highest BCUT2D eigenvalue weighted by Crippen LogP contribution is 2.25. The Labute approximate surface area is 215 Å². The molecule has 3 N–H and O–H groups in total. The van der Waals surface area contributed by atoms with Gasteiger partial charge in [0.25, 0.3) is 5.91 Å². The van der Waals surface area contributed by atoms with E-state index >= 15 is 0 Å². The van der Waals surface area contributed by atoms with Gasteiger partial charge in [0.2, 0.25) is 11.8 Å². The Bertz CT molecular complexity index is 1160. The molecule has 2 aliphatic heterocycles. The van der Waals surface area contributed by atoms with E-state index in [1.165, 1.54) is 13.2 Å². The van der Waals surface area contributed by atoms with Crippen LogP contribution in [0.1, 0.15) is 42.6 Å². The number of hydrogen-bond acceptors (Lipinski definition) is 7. The molecule has 0 bridgehead atoms. The van der Waals surface area contributed by atoms with Crippen LogP contribution in [0.2, 0.25) is 0 Å². The number of hydrogen-bond donors (Lipinski definition) is 3. The highest BCUT2D eigenvalue weighted by molar-refractivity contribution is 5.99. The van der Waals surface area contributed by atoms with Crippen LogP contribution in [-0.4, -0.2) is 95.5 Å². The third kappa shape index (κ3) is 6.34. The minimum absolute atomic E-state index is 0.0545. The quantitative estimate of drug-likeness (QED) is 0.477. The second-order valence-corrected chi connectivity index (χ2v) is 9.34. The normalized spacial score (nSPS) is 18.8. The molecule has 3 heterocycles. The van der Waals surface area contributed by atoms with Gasteiger partial charge in [0.1, 0.15) is 17.5 Å². The maximum Gasteiger partial charge on any atom is 0.303 e. The minimum atomic E-state index is -1.06. The topological polar surface area (TPSA) is 141 Å². The van der Waals surface area contributed by atoms with E-state index in [4.69, 9.17) is 4.74 Å². The Balaban J connectivity index is 1.43. The smallest absolute Gasteiger partial charge is 0.303 e. The molecule has 1 aromatic carbocycles. The molecule has 2 fully saturated rings. The van der Waals surface area contributed by atoms with Gasteiger partial charge in [-0.15, -0.1) is 0 Å². The number of para-hydroxylation sites is 1. The van der Waals surface area contributed by atoms with Crippen molar-refractivity contribution in [3.63, 3.8) is 0 Å². The summed E-state index contributed by atoms with van der Waals surface area (Å²) in [5, 5.41) is 15.9. The van der Waals surface area contributed by atoms with Gasteiger partial charge >= 0.3 is 5.97 Å². The third-order valence-corrected chi connectivity index (χ3v) is 6.89. The fourth-order valence-electron chi connectivity index (χ4n) is 4.84. The lowest BCUT2D eigenvalue weighted by molar-refractivity contribution is -0.142. The number of rotatable bonds is 8. The fourth-order valence-corrected chi connectivity index (χ4v) is 4.84. The molecule has 2 unspecified atom stereocenters. The number of ether oxygens (including phenoxy) is 1. The summed E-state index contributed by atoms with van der Waals surface area (Å²) < 4.78 is 5.41. The number of carboxylic acids is 1. The number of methoxy groups -OCH3 is 1. The first-order chi connectivity index (χ1) is 17.9. The standard InChI is InChI=1S/C26H33N5O6/c1-37-22-16-21(28-18-7-3-2-6-17(18)22)24(34)29-20(9-10-23(32)33)26(36)31-14-12-30(13-15-31)25(35)19-8-4-5-11-27-19/h2-3,6-7,16,19-20,27H,4-5,8-15H2,1H3,(H,29,34)(H,32,33). The van der Waals surface area contributed by atoms with Crippen LogP contribution in [0.3, 0.4) is 0 Å². The zero-order chi connectivity index (χ0) is 26.4. The number of amides is 3. The second kappa shape index (κ2) is 12.0. The molecule has 11 nitrogen and oxygen atoms in total. The van der Waals surface area contributed by atoms with Crippen molar-refractivity contribution >= 4 is 34.6 Å². The van der Waals surface area contributed by atoms with Crippen LogP contribution >= 0.6 is 0 Å². The molecule has 0 radical (unpaired) electrons. The maximum atomic E-state index is 13.3. The van der Waals surface area contributed by atoms with E-state index in [0.29, 0.717) is 37.4 Å². The summed E-state index contributed by atoms with van der Waals surface area (Å²) in [5.41, 5.74) is 0.632. The zero-order valence-corrected chi connectivity index (χ0v) is 20.9. The molecular formula is C26H33N5O6. The summed E-state index contributed by atoms with van der Waals surface area (Å²) in [4.78, 5) is 58.2. The van der Waals surface area contributed by atoms with Crippen LogP contribution in [0.4, 0.5) is 0 Å². The van der Waals surface area contributed by atoms with Crippen molar-refractivity contribution in [1.29, 1.82) is 0 Å². The van der Waals surface area contributed by atoms with Gasteiger partial charge in [-0.05, 0) is 37.9 Å². The average Bonchev–Trinajstić information content (AvgIpc) is 2.94. The van der Waals surface area contributed by atoms with Crippen molar-refractivity contribution in [1.82, 2.24) is 25.4 Å². The highest BCUT2D eigenvalue weighted by atomic mass is 16.5. The van der Waals surface area contributed by atoms with Gasteiger partial charge in [-0.3, -0.25) is 19.2 Å². The molecule has 3 amide bonds. The highest BCUT2D eigenvalue weighted by Gasteiger charge is 2.33. The number of nitrogens with one attached hydrogen (secondary N) is 2. The molecule has 11 heteroatoms. The predicted molar refractivity (Wildman–Crippen MR) is 135 cm³/mol. The van der Waals surface area contributed by atoms with Gasteiger partial charge in [0.15, 0.2) is 0 Å². The monoisotopic (exact) mass is 511 g/mol. The Morgan fingerprint density at radius 2 is 1.86 bits per heavy atom. The fraction of sp³-hybridized carbons (Fsp3) is 0.500. The van der Waals surface area contributed by atoms with Gasteiger partial charge < -0.3 is 30.3 Å². The van der Waals surface area contributed by atoms with Crippen LogP contribution in [0, 0.1) is 0 Å². The number of carboxylic acid groups (broad SMARTS) is 1. The summed E-state index contributed by atoms with van der Waals surface area (Å²) >= 11 is 0. The molecular weight excluding hydrogens is 478 g/mol. The summed E-state index contributed by atoms with van der Waals surface area (Å²) in [6.45, 7) is 2.26. The molecule has 2 saturated heterocycles. The first-order valence-electron chi connectivity index (χ1n) is 12.6. The van der Waals surface area contributed by atoms with Crippen molar-refractivity contribution in [3.8, 4) is 5.75 Å². The van der Waals surface area contributed by atoms with Crippen LogP contribution in [-0.2, 0) is 14.4 Å². The lowest BCUT2D eigenvalue weighted by Crippen LogP contribution is -2.58. The van der Waals surface area contributed by atoms with E-state index in [-0.39, 0.29) is 36.4 Å². The van der Waals surface area contributed by atoms with Crippen LogP contribution < -0.4 is 15.4 Å². The van der Waals surface area contributed by atoms with E-state index in [9.17, 15) is 24.3 Å². The number of fused-ring (bicyclic) bond motifs is 1. The molecule has 4 rings (SSSR count). The zero-order valence-electron chi connectivity index (χ0n) is 20.9. The molecule has 2 aliphatic rings. The van der Waals surface area contributed by atoms with Gasteiger partial charge in [-0.2, -0.15) is 0 Å². The molecule has 0 spiro atoms. The number of piperidine rings is 1. The largest absolute Gasteiger partial charge is 0.496 e. The number of aliphatic carboxylic acids is 1. The number of carbonyl (C=O) groups excluding carboxylic acids is 3. The van der Waals surface area contributed by atoms with Crippen LogP contribution in [0.15, 0.2) is 30.3 Å². The number of pyridine rings is 1. The summed E-state index contributed by atoms with van der Waals surface area (Å²) in [6.07, 6.45) is 2.56. The molecule has 198 valence electrons. The van der Waals surface area contributed by atoms with Gasteiger partial charge in [0, 0.05) is 44.1 Å². The van der Waals surface area contributed by atoms with E-state index < -0.39 is 17.9 Å². The number of aromatic nitrogens is 1. The van der Waals surface area contributed by atoms with Crippen molar-refractivity contribution < 1.29 is 29.0 Å². The van der Waals surface area contributed by atoms with E-state index in [2.05, 4.69) is 15.6 Å². The summed E-state index contributed by atoms with van der Waals surface area (Å²) in [5.74, 6) is -1.50. The van der Waals surface area contributed by atoms with Crippen LogP contribution in [0.5, 0.6) is 5.75 Å². The lowest BCUT2D eigenvalue weighted by Gasteiger charge is -2.38. The number of carbonyl (C=O) groups is 4. The Kier molecular flexibility index (Phi) is 8.54. The van der Waals surface area contributed by atoms with Crippen molar-refractivity contribution in [3.05, 3.63) is 36.0 Å². The van der Waals surface area contributed by atoms with Crippen molar-refractivity contribution in [2.75, 3.05) is 39.8 Å². The molecule has 0 saturated carbocycles. The maximum absolute atomic E-state index is 13.3. The predicted octanol–water partition coefficient (Wildman–Crippen LogP) is 1.02. The molecule has 1 aromatic heterocycles. The molecule has 37 heavy (non-hydrogen) atoms. The molecule has 2 aromatic rings. The van der Waals surface area contributed by atoms with E-state index in [1.54, 1.807) is 21.9 Å².